The second-order valence-electron chi connectivity index (χ2n) is 3.96. The molecule has 4 nitrogen and oxygen atoms in total. The first-order valence-corrected chi connectivity index (χ1v) is 4.89. The Morgan fingerprint density at radius 2 is 2.21 bits per heavy atom. The molecular formula is C10H16N4. The molecule has 0 bridgehead atoms. The van der Waals surface area contributed by atoms with Gasteiger partial charge in [-0.2, -0.15) is 0 Å². The average Bonchev–Trinajstić information content (AvgIpc) is 2.93. The topological polar surface area (TPSA) is 68.2 Å². The smallest absolute Gasteiger partial charge is 0.153 e. The van der Waals surface area contributed by atoms with Crippen LogP contribution in [0.1, 0.15) is 12.8 Å². The lowest BCUT2D eigenvalue weighted by Gasteiger charge is -2.19. The van der Waals surface area contributed by atoms with E-state index in [2.05, 4.69) is 9.88 Å². The number of hydrogen-bond acceptors (Lipinski definition) is 4. The van der Waals surface area contributed by atoms with Gasteiger partial charge in [0.25, 0.3) is 0 Å². The Balaban J connectivity index is 2.16. The van der Waals surface area contributed by atoms with Crippen LogP contribution < -0.4 is 16.4 Å². The van der Waals surface area contributed by atoms with Crippen LogP contribution in [0.15, 0.2) is 12.3 Å². The van der Waals surface area contributed by atoms with Gasteiger partial charge in [-0.1, -0.05) is 0 Å². The summed E-state index contributed by atoms with van der Waals surface area (Å²) in [5.74, 6) is 1.62. The van der Waals surface area contributed by atoms with Crippen molar-refractivity contribution in [2.45, 2.75) is 12.8 Å². The number of anilines is 3. The average molecular weight is 192 g/mol. The molecule has 76 valence electrons. The third-order valence-electron chi connectivity index (χ3n) is 2.59. The quantitative estimate of drug-likeness (QED) is 0.752. The zero-order chi connectivity index (χ0) is 10.1. The van der Waals surface area contributed by atoms with E-state index in [9.17, 15) is 0 Å². The van der Waals surface area contributed by atoms with Crippen molar-refractivity contribution in [3.05, 3.63) is 12.3 Å². The highest BCUT2D eigenvalue weighted by Gasteiger charge is 2.24. The van der Waals surface area contributed by atoms with E-state index >= 15 is 0 Å². The molecular weight excluding hydrogens is 176 g/mol. The molecule has 0 radical (unpaired) electrons. The molecule has 14 heavy (non-hydrogen) atoms. The molecule has 1 fully saturated rings. The van der Waals surface area contributed by atoms with Gasteiger partial charge in [0.05, 0.1) is 11.4 Å². The molecule has 0 spiro atoms. The van der Waals surface area contributed by atoms with Gasteiger partial charge in [0, 0.05) is 19.8 Å². The Hall–Kier alpha value is -1.45. The van der Waals surface area contributed by atoms with Crippen molar-refractivity contribution in [3.63, 3.8) is 0 Å². The molecule has 1 aromatic heterocycles. The van der Waals surface area contributed by atoms with Crippen LogP contribution in [0.5, 0.6) is 0 Å². The number of hydrogen-bond donors (Lipinski definition) is 2. The highest BCUT2D eigenvalue weighted by Crippen LogP contribution is 2.32. The fourth-order valence-corrected chi connectivity index (χ4v) is 1.55. The first-order chi connectivity index (χ1) is 6.68. The minimum Gasteiger partial charge on any atom is -0.397 e. The highest BCUT2D eigenvalue weighted by atomic mass is 15.2. The number of pyridine rings is 1. The predicted octanol–water partition coefficient (Wildman–Crippen LogP) is 1.09. The maximum Gasteiger partial charge on any atom is 0.153 e. The van der Waals surface area contributed by atoms with Crippen molar-refractivity contribution in [2.75, 3.05) is 30.0 Å². The molecule has 0 aliphatic heterocycles. The lowest BCUT2D eigenvalue weighted by molar-refractivity contribution is 0.778. The van der Waals surface area contributed by atoms with Gasteiger partial charge in [-0.15, -0.1) is 0 Å². The van der Waals surface area contributed by atoms with Crippen LogP contribution in [0.2, 0.25) is 0 Å². The summed E-state index contributed by atoms with van der Waals surface area (Å²) >= 11 is 0. The van der Waals surface area contributed by atoms with Gasteiger partial charge in [0.2, 0.25) is 0 Å². The van der Waals surface area contributed by atoms with E-state index in [1.165, 1.54) is 12.8 Å². The summed E-state index contributed by atoms with van der Waals surface area (Å²) in [7, 11) is 2.01. The molecule has 0 amide bonds. The molecule has 1 heterocycles. The normalized spacial score (nSPS) is 15.5. The Labute approximate surface area is 83.9 Å². The maximum absolute atomic E-state index is 5.85. The fourth-order valence-electron chi connectivity index (χ4n) is 1.55. The molecule has 2 rings (SSSR count). The molecule has 0 atom stereocenters. The number of nitrogen functional groups attached to an aromatic ring is 2. The van der Waals surface area contributed by atoms with Crippen molar-refractivity contribution >= 4 is 17.2 Å². The first-order valence-electron chi connectivity index (χ1n) is 4.89. The molecule has 1 aliphatic carbocycles. The van der Waals surface area contributed by atoms with Crippen molar-refractivity contribution in [1.82, 2.24) is 4.98 Å². The van der Waals surface area contributed by atoms with Crippen molar-refractivity contribution < 1.29 is 0 Å². The number of aromatic nitrogens is 1. The van der Waals surface area contributed by atoms with E-state index in [1.54, 1.807) is 12.3 Å². The molecule has 1 saturated carbocycles. The third kappa shape index (κ3) is 1.73. The molecule has 4 N–H and O–H groups in total. The monoisotopic (exact) mass is 192 g/mol. The summed E-state index contributed by atoms with van der Waals surface area (Å²) in [6.07, 6.45) is 4.35. The first kappa shape index (κ1) is 9.12. The maximum atomic E-state index is 5.85. The minimum atomic E-state index is 0.593. The van der Waals surface area contributed by atoms with Crippen LogP contribution in [-0.4, -0.2) is 18.6 Å². The summed E-state index contributed by atoms with van der Waals surface area (Å²) in [5, 5.41) is 0. The number of nitrogens with two attached hydrogens (primary N) is 2. The van der Waals surface area contributed by atoms with Crippen molar-refractivity contribution in [3.8, 4) is 0 Å². The van der Waals surface area contributed by atoms with Crippen LogP contribution in [0.3, 0.4) is 0 Å². The van der Waals surface area contributed by atoms with Crippen LogP contribution in [0.25, 0.3) is 0 Å². The number of rotatable bonds is 3. The zero-order valence-corrected chi connectivity index (χ0v) is 8.40. The van der Waals surface area contributed by atoms with Gasteiger partial charge >= 0.3 is 0 Å². The summed E-state index contributed by atoms with van der Waals surface area (Å²) in [6, 6.07) is 1.73. The minimum absolute atomic E-state index is 0.593. The van der Waals surface area contributed by atoms with Crippen LogP contribution >= 0.6 is 0 Å². The van der Waals surface area contributed by atoms with E-state index in [0.29, 0.717) is 11.4 Å². The van der Waals surface area contributed by atoms with Crippen LogP contribution in [-0.2, 0) is 0 Å². The van der Waals surface area contributed by atoms with Gasteiger partial charge in [0.1, 0.15) is 0 Å². The van der Waals surface area contributed by atoms with Gasteiger partial charge in [-0.3, -0.25) is 0 Å². The summed E-state index contributed by atoms with van der Waals surface area (Å²) in [4.78, 5) is 6.33. The van der Waals surface area contributed by atoms with Crippen LogP contribution in [0.4, 0.5) is 17.2 Å². The zero-order valence-electron chi connectivity index (χ0n) is 8.40. The Kier molecular flexibility index (Phi) is 2.19. The molecule has 0 saturated heterocycles. The molecule has 0 aromatic carbocycles. The second kappa shape index (κ2) is 3.36. The van der Waals surface area contributed by atoms with Gasteiger partial charge < -0.3 is 16.4 Å². The Bertz CT molecular complexity index is 333. The van der Waals surface area contributed by atoms with E-state index in [1.807, 2.05) is 7.05 Å². The number of nitrogens with zero attached hydrogens (tertiary/aromatic N) is 2. The summed E-state index contributed by atoms with van der Waals surface area (Å²) in [6.45, 7) is 1.03. The molecule has 1 aliphatic rings. The molecule has 4 heteroatoms. The largest absolute Gasteiger partial charge is 0.397 e. The third-order valence-corrected chi connectivity index (χ3v) is 2.59. The highest BCUT2D eigenvalue weighted by molar-refractivity contribution is 5.75. The fraction of sp³-hybridized carbons (Fsp3) is 0.500. The lowest BCUT2D eigenvalue weighted by Crippen LogP contribution is -2.22. The Morgan fingerprint density at radius 3 is 2.86 bits per heavy atom. The van der Waals surface area contributed by atoms with Gasteiger partial charge in [0.15, 0.2) is 5.82 Å². The van der Waals surface area contributed by atoms with E-state index in [4.69, 9.17) is 11.5 Å². The summed E-state index contributed by atoms with van der Waals surface area (Å²) in [5.41, 5.74) is 12.8. The SMILES string of the molecule is CN(CC1CC1)c1nccc(N)c1N. The van der Waals surface area contributed by atoms with Crippen molar-refractivity contribution in [1.29, 1.82) is 0 Å². The molecule has 1 aromatic rings. The predicted molar refractivity (Wildman–Crippen MR) is 59.1 cm³/mol. The van der Waals surface area contributed by atoms with Gasteiger partial charge in [-0.05, 0) is 24.8 Å². The molecule has 0 unspecified atom stereocenters. The standard InChI is InChI=1S/C10H16N4/c1-14(6-7-2-3-7)10-9(12)8(11)4-5-13-10/h4-5,7H,2-3,6,12H2,1H3,(H2,11,13). The van der Waals surface area contributed by atoms with Crippen molar-refractivity contribution in [2.24, 2.45) is 5.92 Å². The second-order valence-corrected chi connectivity index (χ2v) is 3.96. The lowest BCUT2D eigenvalue weighted by atomic mass is 10.3. The van der Waals surface area contributed by atoms with E-state index in [0.717, 1.165) is 18.3 Å². The van der Waals surface area contributed by atoms with E-state index in [-0.39, 0.29) is 0 Å². The van der Waals surface area contributed by atoms with Gasteiger partial charge in [-0.25, -0.2) is 4.98 Å². The summed E-state index contributed by atoms with van der Waals surface area (Å²) < 4.78 is 0. The van der Waals surface area contributed by atoms with E-state index < -0.39 is 0 Å². The van der Waals surface area contributed by atoms with Crippen LogP contribution in [0, 0.1) is 5.92 Å². The Morgan fingerprint density at radius 1 is 1.50 bits per heavy atom.